The van der Waals surface area contributed by atoms with Crippen LogP contribution in [-0.2, 0) is 6.54 Å². The summed E-state index contributed by atoms with van der Waals surface area (Å²) in [4.78, 5) is 18.6. The van der Waals surface area contributed by atoms with Crippen LogP contribution in [0.2, 0.25) is 0 Å². The third-order valence-corrected chi connectivity index (χ3v) is 3.73. The normalized spacial score (nSPS) is 10.4. The number of nitrogens with one attached hydrogen (secondary N) is 1. The smallest absolute Gasteiger partial charge is 0.268 e. The van der Waals surface area contributed by atoms with Gasteiger partial charge in [0.25, 0.3) is 5.91 Å². The van der Waals surface area contributed by atoms with E-state index in [1.807, 2.05) is 13.0 Å². The first-order valence-electron chi connectivity index (χ1n) is 5.91. The van der Waals surface area contributed by atoms with Crippen LogP contribution in [0.25, 0.3) is 0 Å². The molecule has 3 N–H and O–H groups in total. The van der Waals surface area contributed by atoms with E-state index in [2.05, 4.69) is 10.3 Å². The lowest BCUT2D eigenvalue weighted by molar-refractivity contribution is 0.0747. The van der Waals surface area contributed by atoms with Crippen LogP contribution < -0.4 is 11.1 Å². The standard InChI is InChI=1S/C12H16N4O2S/c1-3-16(7-8-5-4-6-18-8)11(17)9-10(13)15-12(14-2)19-9/h4-6H,3,7,13H2,1-2H3,(H,14,15). The number of hydrogen-bond acceptors (Lipinski definition) is 6. The van der Waals surface area contributed by atoms with Crippen LogP contribution in [0.15, 0.2) is 22.8 Å². The molecule has 2 aromatic rings. The van der Waals surface area contributed by atoms with Crippen LogP contribution in [0.5, 0.6) is 0 Å². The van der Waals surface area contributed by atoms with E-state index in [0.717, 1.165) is 5.76 Å². The van der Waals surface area contributed by atoms with Crippen molar-refractivity contribution in [1.29, 1.82) is 0 Å². The van der Waals surface area contributed by atoms with E-state index in [9.17, 15) is 4.79 Å². The molecule has 1 amide bonds. The van der Waals surface area contributed by atoms with Gasteiger partial charge in [0.05, 0.1) is 12.8 Å². The Labute approximate surface area is 115 Å². The molecule has 2 aromatic heterocycles. The summed E-state index contributed by atoms with van der Waals surface area (Å²) in [5.74, 6) is 0.875. The minimum Gasteiger partial charge on any atom is -0.467 e. The van der Waals surface area contributed by atoms with Gasteiger partial charge in [0.2, 0.25) is 0 Å². The highest BCUT2D eigenvalue weighted by Gasteiger charge is 2.21. The zero-order chi connectivity index (χ0) is 13.8. The number of thiazole rings is 1. The number of nitrogen functional groups attached to an aromatic ring is 1. The molecule has 102 valence electrons. The van der Waals surface area contributed by atoms with Crippen molar-refractivity contribution >= 4 is 28.2 Å². The van der Waals surface area contributed by atoms with Gasteiger partial charge in [-0.15, -0.1) is 0 Å². The summed E-state index contributed by atoms with van der Waals surface area (Å²) in [6.07, 6.45) is 1.59. The first-order chi connectivity index (χ1) is 9.15. The monoisotopic (exact) mass is 280 g/mol. The Bertz CT molecular complexity index is 550. The highest BCUT2D eigenvalue weighted by Crippen LogP contribution is 2.26. The average Bonchev–Trinajstić information content (AvgIpc) is 3.04. The SMILES string of the molecule is CCN(Cc1ccco1)C(=O)c1sc(NC)nc1N. The van der Waals surface area contributed by atoms with Gasteiger partial charge >= 0.3 is 0 Å². The molecule has 0 aliphatic heterocycles. The molecule has 2 heterocycles. The summed E-state index contributed by atoms with van der Waals surface area (Å²) in [5.41, 5.74) is 5.77. The zero-order valence-electron chi connectivity index (χ0n) is 10.8. The number of hydrogen-bond donors (Lipinski definition) is 2. The molecule has 2 rings (SSSR count). The number of carbonyl (C=O) groups excluding carboxylic acids is 1. The van der Waals surface area contributed by atoms with Gasteiger partial charge in [0, 0.05) is 13.6 Å². The fourth-order valence-corrected chi connectivity index (χ4v) is 2.46. The van der Waals surface area contributed by atoms with Crippen molar-refractivity contribution in [3.05, 3.63) is 29.0 Å². The zero-order valence-corrected chi connectivity index (χ0v) is 11.7. The molecular formula is C12H16N4O2S. The van der Waals surface area contributed by atoms with Crippen LogP contribution >= 0.6 is 11.3 Å². The van der Waals surface area contributed by atoms with Gasteiger partial charge in [0.1, 0.15) is 16.5 Å². The average molecular weight is 280 g/mol. The molecule has 0 aliphatic rings. The number of nitrogens with two attached hydrogens (primary N) is 1. The van der Waals surface area contributed by atoms with Crippen molar-refractivity contribution in [3.63, 3.8) is 0 Å². The fourth-order valence-electron chi connectivity index (χ4n) is 1.65. The molecule has 0 radical (unpaired) electrons. The van der Waals surface area contributed by atoms with Crippen molar-refractivity contribution < 1.29 is 9.21 Å². The number of rotatable bonds is 5. The van der Waals surface area contributed by atoms with E-state index in [1.54, 1.807) is 24.3 Å². The second-order valence-corrected chi connectivity index (χ2v) is 4.88. The van der Waals surface area contributed by atoms with Crippen molar-refractivity contribution in [3.8, 4) is 0 Å². The van der Waals surface area contributed by atoms with E-state index in [4.69, 9.17) is 10.2 Å². The van der Waals surface area contributed by atoms with Gasteiger partial charge in [-0.3, -0.25) is 4.79 Å². The highest BCUT2D eigenvalue weighted by molar-refractivity contribution is 7.18. The second-order valence-electron chi connectivity index (χ2n) is 3.88. The first kappa shape index (κ1) is 13.4. The minimum atomic E-state index is -0.129. The molecule has 0 fully saturated rings. The topological polar surface area (TPSA) is 84.4 Å². The lowest BCUT2D eigenvalue weighted by Crippen LogP contribution is -2.30. The summed E-state index contributed by atoms with van der Waals surface area (Å²) < 4.78 is 5.26. The number of aromatic nitrogens is 1. The van der Waals surface area contributed by atoms with E-state index >= 15 is 0 Å². The summed E-state index contributed by atoms with van der Waals surface area (Å²) in [6, 6.07) is 3.64. The molecule has 0 bridgehead atoms. The highest BCUT2D eigenvalue weighted by atomic mass is 32.1. The summed E-state index contributed by atoms with van der Waals surface area (Å²) in [6.45, 7) is 2.91. The van der Waals surface area contributed by atoms with Gasteiger partial charge in [-0.05, 0) is 19.1 Å². The quantitative estimate of drug-likeness (QED) is 0.875. The Kier molecular flexibility index (Phi) is 4.06. The molecule has 6 nitrogen and oxygen atoms in total. The Hall–Kier alpha value is -2.02. The Morgan fingerprint density at radius 2 is 2.42 bits per heavy atom. The van der Waals surface area contributed by atoms with Crippen LogP contribution in [0.4, 0.5) is 10.9 Å². The fraction of sp³-hybridized carbons (Fsp3) is 0.333. The summed E-state index contributed by atoms with van der Waals surface area (Å²) >= 11 is 1.25. The number of anilines is 2. The number of carbonyl (C=O) groups is 1. The largest absolute Gasteiger partial charge is 0.467 e. The van der Waals surface area contributed by atoms with Crippen molar-refractivity contribution in [2.45, 2.75) is 13.5 Å². The van der Waals surface area contributed by atoms with Gasteiger partial charge in [0.15, 0.2) is 5.13 Å². The summed E-state index contributed by atoms with van der Waals surface area (Å²) in [5, 5.41) is 3.52. The summed E-state index contributed by atoms with van der Waals surface area (Å²) in [7, 11) is 1.74. The molecule has 0 atom stereocenters. The first-order valence-corrected chi connectivity index (χ1v) is 6.73. The van der Waals surface area contributed by atoms with Gasteiger partial charge in [-0.1, -0.05) is 11.3 Å². The molecule has 0 saturated carbocycles. The van der Waals surface area contributed by atoms with Crippen LogP contribution in [0, 0.1) is 0 Å². The molecule has 0 aliphatic carbocycles. The van der Waals surface area contributed by atoms with Crippen molar-refractivity contribution in [2.75, 3.05) is 24.6 Å². The number of amides is 1. The third kappa shape index (κ3) is 2.87. The number of furan rings is 1. The Morgan fingerprint density at radius 3 is 2.95 bits per heavy atom. The molecule has 0 unspecified atom stereocenters. The van der Waals surface area contributed by atoms with E-state index in [-0.39, 0.29) is 11.7 Å². The van der Waals surface area contributed by atoms with E-state index in [0.29, 0.717) is 23.1 Å². The van der Waals surface area contributed by atoms with Gasteiger partial charge in [-0.2, -0.15) is 0 Å². The maximum atomic E-state index is 12.4. The molecule has 19 heavy (non-hydrogen) atoms. The lowest BCUT2D eigenvalue weighted by atomic mass is 10.3. The van der Waals surface area contributed by atoms with Crippen LogP contribution in [0.1, 0.15) is 22.4 Å². The minimum absolute atomic E-state index is 0.129. The predicted molar refractivity (Wildman–Crippen MR) is 75.2 cm³/mol. The van der Waals surface area contributed by atoms with Crippen LogP contribution in [0.3, 0.4) is 0 Å². The van der Waals surface area contributed by atoms with Crippen LogP contribution in [-0.4, -0.2) is 29.4 Å². The Morgan fingerprint density at radius 1 is 1.63 bits per heavy atom. The predicted octanol–water partition coefficient (Wildman–Crippen LogP) is 2.02. The maximum absolute atomic E-state index is 12.4. The molecule has 0 aromatic carbocycles. The lowest BCUT2D eigenvalue weighted by Gasteiger charge is -2.18. The Balaban J connectivity index is 2.17. The van der Waals surface area contributed by atoms with Crippen molar-refractivity contribution in [2.24, 2.45) is 0 Å². The van der Waals surface area contributed by atoms with Crippen molar-refractivity contribution in [1.82, 2.24) is 9.88 Å². The molecule has 0 saturated heterocycles. The molecular weight excluding hydrogens is 264 g/mol. The molecule has 0 spiro atoms. The van der Waals surface area contributed by atoms with E-state index < -0.39 is 0 Å². The second kappa shape index (κ2) is 5.75. The van der Waals surface area contributed by atoms with Gasteiger partial charge in [-0.25, -0.2) is 4.98 Å². The third-order valence-electron chi connectivity index (χ3n) is 2.66. The number of nitrogens with zero attached hydrogens (tertiary/aromatic N) is 2. The van der Waals surface area contributed by atoms with E-state index in [1.165, 1.54) is 11.3 Å². The van der Waals surface area contributed by atoms with Gasteiger partial charge < -0.3 is 20.4 Å². The molecule has 7 heteroatoms. The maximum Gasteiger partial charge on any atom is 0.268 e.